The van der Waals surface area contributed by atoms with Gasteiger partial charge in [-0.05, 0) is 31.5 Å². The van der Waals surface area contributed by atoms with Crippen molar-refractivity contribution < 1.29 is 4.39 Å². The molecular formula is C16H21BrFN3. The molecule has 0 bridgehead atoms. The largest absolute Gasteiger partial charge is 0.310 e. The van der Waals surface area contributed by atoms with Gasteiger partial charge in [0.1, 0.15) is 5.82 Å². The van der Waals surface area contributed by atoms with E-state index in [0.717, 1.165) is 28.0 Å². The smallest absolute Gasteiger partial charge is 0.124 e. The van der Waals surface area contributed by atoms with E-state index in [-0.39, 0.29) is 5.82 Å². The zero-order valence-corrected chi connectivity index (χ0v) is 14.5. The van der Waals surface area contributed by atoms with E-state index in [1.54, 1.807) is 6.07 Å². The first kappa shape index (κ1) is 16.2. The van der Waals surface area contributed by atoms with E-state index >= 15 is 0 Å². The first-order valence-electron chi connectivity index (χ1n) is 7.08. The van der Waals surface area contributed by atoms with E-state index < -0.39 is 0 Å². The molecule has 1 aromatic carbocycles. The standard InChI is InChI=1S/C16H21BrFN3/c1-10(2)19-8-15-11(3)20-21(12(15)4)9-13-5-6-14(18)7-16(13)17/h5-7,10,19H,8-9H2,1-4H3. The molecule has 0 aliphatic heterocycles. The van der Waals surface area contributed by atoms with Gasteiger partial charge >= 0.3 is 0 Å². The third-order valence-corrected chi connectivity index (χ3v) is 4.29. The summed E-state index contributed by atoms with van der Waals surface area (Å²) in [7, 11) is 0. The van der Waals surface area contributed by atoms with Crippen molar-refractivity contribution in [3.8, 4) is 0 Å². The van der Waals surface area contributed by atoms with E-state index in [9.17, 15) is 4.39 Å². The molecule has 2 rings (SSSR count). The molecule has 0 spiro atoms. The van der Waals surface area contributed by atoms with Crippen LogP contribution in [-0.2, 0) is 13.1 Å². The van der Waals surface area contributed by atoms with Gasteiger partial charge < -0.3 is 5.32 Å². The third-order valence-electron chi connectivity index (χ3n) is 3.55. The number of halogens is 2. The SMILES string of the molecule is Cc1nn(Cc2ccc(F)cc2Br)c(C)c1CNC(C)C. The van der Waals surface area contributed by atoms with Crippen molar-refractivity contribution >= 4 is 15.9 Å². The molecule has 0 radical (unpaired) electrons. The van der Waals surface area contributed by atoms with Crippen LogP contribution in [0.2, 0.25) is 0 Å². The second kappa shape index (κ2) is 6.71. The molecule has 1 N–H and O–H groups in total. The second-order valence-corrected chi connectivity index (χ2v) is 6.43. The minimum atomic E-state index is -0.235. The monoisotopic (exact) mass is 353 g/mol. The van der Waals surface area contributed by atoms with E-state index in [4.69, 9.17) is 0 Å². The molecule has 21 heavy (non-hydrogen) atoms. The maximum Gasteiger partial charge on any atom is 0.124 e. The van der Waals surface area contributed by atoms with Crippen LogP contribution in [0, 0.1) is 19.7 Å². The fraction of sp³-hybridized carbons (Fsp3) is 0.438. The maximum absolute atomic E-state index is 13.1. The summed E-state index contributed by atoms with van der Waals surface area (Å²) in [5.74, 6) is -0.235. The Labute approximate surface area is 133 Å². The Hall–Kier alpha value is -1.20. The highest BCUT2D eigenvalue weighted by Gasteiger charge is 2.13. The third kappa shape index (κ3) is 3.92. The van der Waals surface area contributed by atoms with Gasteiger partial charge in [0, 0.05) is 28.3 Å². The Morgan fingerprint density at radius 1 is 1.33 bits per heavy atom. The number of hydrogen-bond donors (Lipinski definition) is 1. The fourth-order valence-electron chi connectivity index (χ4n) is 2.26. The normalized spacial score (nSPS) is 11.4. The molecule has 0 unspecified atom stereocenters. The van der Waals surface area contributed by atoms with E-state index in [2.05, 4.69) is 47.1 Å². The van der Waals surface area contributed by atoms with Crippen molar-refractivity contribution in [1.29, 1.82) is 0 Å². The number of hydrogen-bond acceptors (Lipinski definition) is 2. The summed E-state index contributed by atoms with van der Waals surface area (Å²) in [6.07, 6.45) is 0. The molecule has 0 aliphatic rings. The molecule has 3 nitrogen and oxygen atoms in total. The number of aryl methyl sites for hydroxylation is 1. The molecule has 0 saturated carbocycles. The van der Waals surface area contributed by atoms with Crippen molar-refractivity contribution in [2.75, 3.05) is 0 Å². The lowest BCUT2D eigenvalue weighted by atomic mass is 10.2. The van der Waals surface area contributed by atoms with E-state index in [0.29, 0.717) is 12.6 Å². The summed E-state index contributed by atoms with van der Waals surface area (Å²) in [6.45, 7) is 9.82. The Morgan fingerprint density at radius 3 is 2.67 bits per heavy atom. The van der Waals surface area contributed by atoms with Crippen LogP contribution in [-0.4, -0.2) is 15.8 Å². The van der Waals surface area contributed by atoms with Gasteiger partial charge in [-0.1, -0.05) is 35.8 Å². The van der Waals surface area contributed by atoms with Crippen molar-refractivity contribution in [2.45, 2.75) is 46.8 Å². The first-order chi connectivity index (χ1) is 9.88. The summed E-state index contributed by atoms with van der Waals surface area (Å²) >= 11 is 3.41. The summed E-state index contributed by atoms with van der Waals surface area (Å²) < 4.78 is 15.9. The predicted molar refractivity (Wildman–Crippen MR) is 86.9 cm³/mol. The Kier molecular flexibility index (Phi) is 5.17. The van der Waals surface area contributed by atoms with Crippen LogP contribution in [0.3, 0.4) is 0 Å². The summed E-state index contributed by atoms with van der Waals surface area (Å²) in [5, 5.41) is 8.04. The van der Waals surface area contributed by atoms with Crippen molar-refractivity contribution in [1.82, 2.24) is 15.1 Å². The van der Waals surface area contributed by atoms with Gasteiger partial charge in [-0.2, -0.15) is 5.10 Å². The molecule has 0 aliphatic carbocycles. The molecule has 1 heterocycles. The van der Waals surface area contributed by atoms with Crippen LogP contribution in [0.1, 0.15) is 36.4 Å². The second-order valence-electron chi connectivity index (χ2n) is 5.58. The van der Waals surface area contributed by atoms with Crippen LogP contribution in [0.4, 0.5) is 4.39 Å². The van der Waals surface area contributed by atoms with E-state index in [1.807, 2.05) is 11.6 Å². The maximum atomic E-state index is 13.1. The lowest BCUT2D eigenvalue weighted by molar-refractivity contribution is 0.584. The summed E-state index contributed by atoms with van der Waals surface area (Å²) in [4.78, 5) is 0. The van der Waals surface area contributed by atoms with E-state index in [1.165, 1.54) is 17.7 Å². The molecule has 114 valence electrons. The van der Waals surface area contributed by atoms with Crippen LogP contribution < -0.4 is 5.32 Å². The molecule has 2 aromatic rings. The average molecular weight is 354 g/mol. The average Bonchev–Trinajstić information content (AvgIpc) is 2.65. The van der Waals surface area contributed by atoms with Crippen molar-refractivity contribution in [2.24, 2.45) is 0 Å². The minimum Gasteiger partial charge on any atom is -0.310 e. The number of aromatic nitrogens is 2. The van der Waals surface area contributed by atoms with Gasteiger partial charge in [0.2, 0.25) is 0 Å². The minimum absolute atomic E-state index is 0.235. The molecule has 0 amide bonds. The molecule has 0 saturated heterocycles. The molecule has 1 aromatic heterocycles. The Bertz CT molecular complexity index is 635. The summed E-state index contributed by atoms with van der Waals surface area (Å²) in [6, 6.07) is 5.20. The topological polar surface area (TPSA) is 29.9 Å². The lowest BCUT2D eigenvalue weighted by Crippen LogP contribution is -2.22. The van der Waals surface area contributed by atoms with Crippen LogP contribution >= 0.6 is 15.9 Å². The van der Waals surface area contributed by atoms with Crippen LogP contribution in [0.5, 0.6) is 0 Å². The summed E-state index contributed by atoms with van der Waals surface area (Å²) in [5.41, 5.74) is 4.45. The van der Waals surface area contributed by atoms with Crippen molar-refractivity contribution in [3.63, 3.8) is 0 Å². The van der Waals surface area contributed by atoms with Crippen molar-refractivity contribution in [3.05, 3.63) is 51.0 Å². The highest BCUT2D eigenvalue weighted by atomic mass is 79.9. The zero-order chi connectivity index (χ0) is 15.6. The molecule has 5 heteroatoms. The van der Waals surface area contributed by atoms with Gasteiger partial charge in [0.25, 0.3) is 0 Å². The molecule has 0 fully saturated rings. The van der Waals surface area contributed by atoms with Gasteiger partial charge in [0.15, 0.2) is 0 Å². The fourth-order valence-corrected chi connectivity index (χ4v) is 2.74. The van der Waals surface area contributed by atoms with Gasteiger partial charge in [-0.15, -0.1) is 0 Å². The van der Waals surface area contributed by atoms with Crippen LogP contribution in [0.25, 0.3) is 0 Å². The Balaban J connectivity index is 2.23. The lowest BCUT2D eigenvalue weighted by Gasteiger charge is -2.10. The van der Waals surface area contributed by atoms with Gasteiger partial charge in [0.05, 0.1) is 12.2 Å². The predicted octanol–water partition coefficient (Wildman–Crippen LogP) is 3.95. The highest BCUT2D eigenvalue weighted by molar-refractivity contribution is 9.10. The number of benzene rings is 1. The number of rotatable bonds is 5. The first-order valence-corrected chi connectivity index (χ1v) is 7.88. The quantitative estimate of drug-likeness (QED) is 0.881. The van der Waals surface area contributed by atoms with Crippen LogP contribution in [0.15, 0.2) is 22.7 Å². The molecular weight excluding hydrogens is 333 g/mol. The zero-order valence-electron chi connectivity index (χ0n) is 12.9. The Morgan fingerprint density at radius 2 is 2.05 bits per heavy atom. The number of nitrogens with zero attached hydrogens (tertiary/aromatic N) is 2. The highest BCUT2D eigenvalue weighted by Crippen LogP contribution is 2.21. The van der Waals surface area contributed by atoms with Gasteiger partial charge in [-0.3, -0.25) is 4.68 Å². The van der Waals surface area contributed by atoms with Gasteiger partial charge in [-0.25, -0.2) is 4.39 Å². The molecule has 0 atom stereocenters. The number of nitrogens with one attached hydrogen (secondary N) is 1.